The summed E-state index contributed by atoms with van der Waals surface area (Å²) in [5.41, 5.74) is 0. The number of rotatable bonds is 4. The van der Waals surface area contributed by atoms with E-state index in [1.807, 2.05) is 0 Å². The molecular formula is C13H27N3. The molecule has 0 aromatic carbocycles. The molecule has 1 saturated heterocycles. The molecule has 0 spiro atoms. The Balaban J connectivity index is 1.53. The summed E-state index contributed by atoms with van der Waals surface area (Å²) in [5.74, 6) is 0. The van der Waals surface area contributed by atoms with E-state index in [0.717, 1.165) is 6.04 Å². The van der Waals surface area contributed by atoms with E-state index in [4.69, 9.17) is 0 Å². The van der Waals surface area contributed by atoms with E-state index in [9.17, 15) is 0 Å². The van der Waals surface area contributed by atoms with E-state index in [0.29, 0.717) is 0 Å². The van der Waals surface area contributed by atoms with E-state index < -0.39 is 0 Å². The largest absolute Gasteiger partial charge is 0.313 e. The van der Waals surface area contributed by atoms with Gasteiger partial charge in [0.15, 0.2) is 0 Å². The molecule has 1 aliphatic carbocycles. The monoisotopic (exact) mass is 225 g/mol. The Morgan fingerprint density at radius 1 is 1.00 bits per heavy atom. The molecule has 1 heterocycles. The molecule has 0 unspecified atom stereocenters. The Labute approximate surface area is 100 Å². The summed E-state index contributed by atoms with van der Waals surface area (Å²) in [6.07, 6.45) is 7.14. The van der Waals surface area contributed by atoms with Gasteiger partial charge in [0.25, 0.3) is 0 Å². The van der Waals surface area contributed by atoms with Crippen LogP contribution in [0.4, 0.5) is 0 Å². The van der Waals surface area contributed by atoms with Gasteiger partial charge >= 0.3 is 0 Å². The van der Waals surface area contributed by atoms with Crippen molar-refractivity contribution in [3.8, 4) is 0 Å². The standard InChI is InChI=1S/C13H27N3/c1-15-9-11-16(12-10-15)8-7-14-13-5-3-2-4-6-13/h13-14H,2-12H2,1H3. The molecule has 1 N–H and O–H groups in total. The zero-order valence-corrected chi connectivity index (χ0v) is 10.7. The van der Waals surface area contributed by atoms with Gasteiger partial charge in [-0.1, -0.05) is 19.3 Å². The summed E-state index contributed by atoms with van der Waals surface area (Å²) in [6, 6.07) is 0.821. The first-order valence-corrected chi connectivity index (χ1v) is 6.99. The summed E-state index contributed by atoms with van der Waals surface area (Å²) in [4.78, 5) is 5.01. The first kappa shape index (κ1) is 12.3. The van der Waals surface area contributed by atoms with Crippen molar-refractivity contribution < 1.29 is 0 Å². The maximum absolute atomic E-state index is 3.72. The van der Waals surface area contributed by atoms with Gasteiger partial charge in [0.1, 0.15) is 0 Å². The number of piperazine rings is 1. The number of nitrogens with zero attached hydrogens (tertiary/aromatic N) is 2. The second-order valence-corrected chi connectivity index (χ2v) is 5.43. The molecule has 1 saturated carbocycles. The molecule has 16 heavy (non-hydrogen) atoms. The van der Waals surface area contributed by atoms with Crippen molar-refractivity contribution in [3.05, 3.63) is 0 Å². The van der Waals surface area contributed by atoms with Crippen LogP contribution in [0, 0.1) is 0 Å². The molecule has 0 bridgehead atoms. The van der Waals surface area contributed by atoms with Crippen LogP contribution in [0.5, 0.6) is 0 Å². The fourth-order valence-corrected chi connectivity index (χ4v) is 2.80. The van der Waals surface area contributed by atoms with Gasteiger partial charge in [-0.25, -0.2) is 0 Å². The highest BCUT2D eigenvalue weighted by atomic mass is 15.2. The lowest BCUT2D eigenvalue weighted by Crippen LogP contribution is -2.47. The van der Waals surface area contributed by atoms with Gasteiger partial charge in [-0.3, -0.25) is 4.90 Å². The van der Waals surface area contributed by atoms with Crippen LogP contribution in [-0.4, -0.2) is 62.2 Å². The van der Waals surface area contributed by atoms with E-state index in [1.54, 1.807) is 0 Å². The molecule has 3 heteroatoms. The summed E-state index contributed by atoms with van der Waals surface area (Å²) in [7, 11) is 2.22. The number of hydrogen-bond acceptors (Lipinski definition) is 3. The SMILES string of the molecule is CN1CCN(CCNC2CCCCC2)CC1. The van der Waals surface area contributed by atoms with Crippen LogP contribution in [0.3, 0.4) is 0 Å². The quantitative estimate of drug-likeness (QED) is 0.774. The van der Waals surface area contributed by atoms with Crippen molar-refractivity contribution in [2.24, 2.45) is 0 Å². The van der Waals surface area contributed by atoms with Gasteiger partial charge in [-0.15, -0.1) is 0 Å². The fraction of sp³-hybridized carbons (Fsp3) is 1.00. The Hall–Kier alpha value is -0.120. The molecule has 0 radical (unpaired) electrons. The lowest BCUT2D eigenvalue weighted by Gasteiger charge is -2.33. The summed E-state index contributed by atoms with van der Waals surface area (Å²) >= 11 is 0. The Kier molecular flexibility index (Phi) is 5.07. The molecule has 3 nitrogen and oxygen atoms in total. The van der Waals surface area contributed by atoms with Crippen LogP contribution in [0.1, 0.15) is 32.1 Å². The molecule has 0 atom stereocenters. The van der Waals surface area contributed by atoms with E-state index in [-0.39, 0.29) is 0 Å². The van der Waals surface area contributed by atoms with E-state index in [1.165, 1.54) is 71.4 Å². The minimum absolute atomic E-state index is 0.821. The lowest BCUT2D eigenvalue weighted by molar-refractivity contribution is 0.152. The average molecular weight is 225 g/mol. The minimum atomic E-state index is 0.821. The third-order valence-electron chi connectivity index (χ3n) is 4.06. The number of hydrogen-bond donors (Lipinski definition) is 1. The van der Waals surface area contributed by atoms with E-state index >= 15 is 0 Å². The minimum Gasteiger partial charge on any atom is -0.313 e. The van der Waals surface area contributed by atoms with Crippen molar-refractivity contribution in [2.45, 2.75) is 38.1 Å². The van der Waals surface area contributed by atoms with Crippen molar-refractivity contribution in [1.29, 1.82) is 0 Å². The number of likely N-dealkylation sites (N-methyl/N-ethyl adjacent to an activating group) is 1. The maximum atomic E-state index is 3.72. The fourth-order valence-electron chi connectivity index (χ4n) is 2.80. The molecule has 2 rings (SSSR count). The second-order valence-electron chi connectivity index (χ2n) is 5.43. The highest BCUT2D eigenvalue weighted by molar-refractivity contribution is 4.74. The van der Waals surface area contributed by atoms with Gasteiger partial charge < -0.3 is 10.2 Å². The molecule has 94 valence electrons. The first-order chi connectivity index (χ1) is 7.84. The van der Waals surface area contributed by atoms with Crippen molar-refractivity contribution >= 4 is 0 Å². The topological polar surface area (TPSA) is 18.5 Å². The smallest absolute Gasteiger partial charge is 0.0110 e. The van der Waals surface area contributed by atoms with Gasteiger partial charge in [0, 0.05) is 45.3 Å². The molecular weight excluding hydrogens is 198 g/mol. The van der Waals surface area contributed by atoms with E-state index in [2.05, 4.69) is 22.2 Å². The van der Waals surface area contributed by atoms with Crippen LogP contribution in [0.15, 0.2) is 0 Å². The van der Waals surface area contributed by atoms with Gasteiger partial charge in [0.2, 0.25) is 0 Å². The van der Waals surface area contributed by atoms with Crippen LogP contribution in [0.2, 0.25) is 0 Å². The Morgan fingerprint density at radius 3 is 2.38 bits per heavy atom. The third kappa shape index (κ3) is 4.04. The Bertz CT molecular complexity index is 182. The first-order valence-electron chi connectivity index (χ1n) is 6.99. The summed E-state index contributed by atoms with van der Waals surface area (Å²) in [5, 5.41) is 3.72. The van der Waals surface area contributed by atoms with Crippen molar-refractivity contribution in [1.82, 2.24) is 15.1 Å². The molecule has 1 aliphatic heterocycles. The van der Waals surface area contributed by atoms with Crippen molar-refractivity contribution in [2.75, 3.05) is 46.3 Å². The lowest BCUT2D eigenvalue weighted by atomic mass is 9.95. The van der Waals surface area contributed by atoms with Gasteiger partial charge in [-0.05, 0) is 19.9 Å². The van der Waals surface area contributed by atoms with Crippen LogP contribution < -0.4 is 5.32 Å². The summed E-state index contributed by atoms with van der Waals surface area (Å²) < 4.78 is 0. The molecule has 2 fully saturated rings. The normalized spacial score (nSPS) is 26.1. The molecule has 2 aliphatic rings. The second kappa shape index (κ2) is 6.58. The molecule has 0 amide bonds. The van der Waals surface area contributed by atoms with Gasteiger partial charge in [0.05, 0.1) is 0 Å². The van der Waals surface area contributed by atoms with Crippen LogP contribution >= 0.6 is 0 Å². The predicted octanol–water partition coefficient (Wildman–Crippen LogP) is 1.16. The highest BCUT2D eigenvalue weighted by Gasteiger charge is 2.15. The molecule has 0 aromatic rings. The highest BCUT2D eigenvalue weighted by Crippen LogP contribution is 2.17. The molecule has 0 aromatic heterocycles. The zero-order chi connectivity index (χ0) is 11.2. The predicted molar refractivity (Wildman–Crippen MR) is 68.8 cm³/mol. The summed E-state index contributed by atoms with van der Waals surface area (Å²) in [6.45, 7) is 7.41. The van der Waals surface area contributed by atoms with Gasteiger partial charge in [-0.2, -0.15) is 0 Å². The Morgan fingerprint density at radius 2 is 1.69 bits per heavy atom. The average Bonchev–Trinajstić information content (AvgIpc) is 2.33. The van der Waals surface area contributed by atoms with Crippen LogP contribution in [-0.2, 0) is 0 Å². The number of nitrogens with one attached hydrogen (secondary N) is 1. The maximum Gasteiger partial charge on any atom is 0.0110 e. The van der Waals surface area contributed by atoms with Crippen molar-refractivity contribution in [3.63, 3.8) is 0 Å². The zero-order valence-electron chi connectivity index (χ0n) is 10.7. The third-order valence-corrected chi connectivity index (χ3v) is 4.06. The van der Waals surface area contributed by atoms with Crippen LogP contribution in [0.25, 0.3) is 0 Å².